The highest BCUT2D eigenvalue weighted by atomic mass is 32.2. The Labute approximate surface area is 108 Å². The smallest absolute Gasteiger partial charge is 0.235 e. The summed E-state index contributed by atoms with van der Waals surface area (Å²) in [6.07, 6.45) is 0. The highest BCUT2D eigenvalue weighted by Crippen LogP contribution is 2.16. The van der Waals surface area contributed by atoms with Crippen LogP contribution in [0.3, 0.4) is 0 Å². The van der Waals surface area contributed by atoms with Gasteiger partial charge in [0, 0.05) is 11.3 Å². The Morgan fingerprint density at radius 2 is 2.06 bits per heavy atom. The first-order valence-electron chi connectivity index (χ1n) is 5.59. The zero-order valence-corrected chi connectivity index (χ0v) is 11.5. The first-order chi connectivity index (χ1) is 8.36. The van der Waals surface area contributed by atoms with E-state index in [1.165, 1.54) is 0 Å². The second-order valence-electron chi connectivity index (χ2n) is 4.19. The Bertz CT molecular complexity index is 580. The quantitative estimate of drug-likeness (QED) is 0.815. The molecule has 0 radical (unpaired) electrons. The first kappa shape index (κ1) is 14.6. The normalized spacial score (nSPS) is 10.9. The number of aliphatic hydroxyl groups excluding tert-OH is 1. The molecule has 0 spiro atoms. The molecule has 0 bridgehead atoms. The van der Waals surface area contributed by atoms with Gasteiger partial charge in [-0.25, -0.2) is 8.42 Å². The summed E-state index contributed by atoms with van der Waals surface area (Å²) in [7, 11) is -3.32. The van der Waals surface area contributed by atoms with Gasteiger partial charge in [-0.15, -0.1) is 0 Å². The molecule has 0 unspecified atom stereocenters. The molecule has 0 atom stereocenters. The molecule has 0 saturated carbocycles. The van der Waals surface area contributed by atoms with E-state index < -0.39 is 15.3 Å². The fourth-order valence-electron chi connectivity index (χ4n) is 1.28. The van der Waals surface area contributed by atoms with Gasteiger partial charge in [0.25, 0.3) is 0 Å². The van der Waals surface area contributed by atoms with Crippen LogP contribution in [-0.4, -0.2) is 25.4 Å². The van der Waals surface area contributed by atoms with Crippen molar-refractivity contribution in [3.05, 3.63) is 29.3 Å². The number of aliphatic hydroxyl groups is 1. The summed E-state index contributed by atoms with van der Waals surface area (Å²) in [6.45, 7) is 4.89. The number of sulfonamides is 1. The van der Waals surface area contributed by atoms with E-state index in [1.807, 2.05) is 6.92 Å². The van der Waals surface area contributed by atoms with Gasteiger partial charge in [0.1, 0.15) is 6.61 Å². The molecule has 5 heteroatoms. The van der Waals surface area contributed by atoms with Crippen LogP contribution in [-0.2, 0) is 10.0 Å². The van der Waals surface area contributed by atoms with Crippen LogP contribution in [0.15, 0.2) is 18.2 Å². The third kappa shape index (κ3) is 3.76. The van der Waals surface area contributed by atoms with Crippen molar-refractivity contribution in [1.29, 1.82) is 0 Å². The van der Waals surface area contributed by atoms with E-state index in [0.29, 0.717) is 5.69 Å². The summed E-state index contributed by atoms with van der Waals surface area (Å²) < 4.78 is 25.9. The highest BCUT2D eigenvalue weighted by molar-refractivity contribution is 7.93. The maximum atomic E-state index is 11.7. The molecule has 0 saturated heterocycles. The Morgan fingerprint density at radius 3 is 2.56 bits per heavy atom. The average Bonchev–Trinajstić information content (AvgIpc) is 2.27. The summed E-state index contributed by atoms with van der Waals surface area (Å²) in [5.74, 6) is 5.36. The van der Waals surface area contributed by atoms with E-state index in [-0.39, 0.29) is 6.61 Å². The number of anilines is 1. The molecule has 0 aliphatic heterocycles. The van der Waals surface area contributed by atoms with Crippen molar-refractivity contribution in [2.45, 2.75) is 26.0 Å². The van der Waals surface area contributed by atoms with Crippen LogP contribution < -0.4 is 4.72 Å². The standard InChI is InChI=1S/C13H17NO3S/c1-10(2)18(16,17)14-13-7-6-12(5-4-8-15)11(3)9-13/h6-7,9-10,14-15H,8H2,1-3H3. The van der Waals surface area contributed by atoms with Gasteiger partial charge in [-0.1, -0.05) is 11.8 Å². The second-order valence-corrected chi connectivity index (χ2v) is 6.42. The van der Waals surface area contributed by atoms with Crippen LogP contribution in [0.25, 0.3) is 0 Å². The van der Waals surface area contributed by atoms with Gasteiger partial charge >= 0.3 is 0 Å². The van der Waals surface area contributed by atoms with E-state index in [4.69, 9.17) is 5.11 Å². The number of hydrogen-bond acceptors (Lipinski definition) is 3. The summed E-state index contributed by atoms with van der Waals surface area (Å²) in [5, 5.41) is 8.14. The minimum absolute atomic E-state index is 0.193. The van der Waals surface area contributed by atoms with Gasteiger partial charge in [-0.2, -0.15) is 0 Å². The lowest BCUT2D eigenvalue weighted by atomic mass is 10.1. The molecule has 0 aliphatic rings. The van der Waals surface area contributed by atoms with Gasteiger partial charge in [0.15, 0.2) is 0 Å². The van der Waals surface area contributed by atoms with Gasteiger partial charge in [-0.05, 0) is 44.5 Å². The maximum absolute atomic E-state index is 11.7. The average molecular weight is 267 g/mol. The van der Waals surface area contributed by atoms with Crippen molar-refractivity contribution in [3.8, 4) is 11.8 Å². The van der Waals surface area contributed by atoms with E-state index in [1.54, 1.807) is 32.0 Å². The SMILES string of the molecule is Cc1cc(NS(=O)(=O)C(C)C)ccc1C#CCO. The topological polar surface area (TPSA) is 66.4 Å². The predicted molar refractivity (Wildman–Crippen MR) is 72.8 cm³/mol. The molecular formula is C13H17NO3S. The molecule has 0 amide bonds. The molecule has 1 aromatic carbocycles. The molecule has 2 N–H and O–H groups in total. The summed E-state index contributed by atoms with van der Waals surface area (Å²) >= 11 is 0. The minimum atomic E-state index is -3.32. The molecule has 1 aromatic rings. The fourth-order valence-corrected chi connectivity index (χ4v) is 1.98. The van der Waals surface area contributed by atoms with Crippen LogP contribution >= 0.6 is 0 Å². The van der Waals surface area contributed by atoms with Crippen molar-refractivity contribution in [2.24, 2.45) is 0 Å². The largest absolute Gasteiger partial charge is 0.384 e. The third-order valence-corrected chi connectivity index (χ3v) is 4.17. The predicted octanol–water partition coefficient (Wildman–Crippen LogP) is 1.49. The lowest BCUT2D eigenvalue weighted by Crippen LogP contribution is -2.22. The zero-order valence-electron chi connectivity index (χ0n) is 10.7. The van der Waals surface area contributed by atoms with Crippen LogP contribution in [0.2, 0.25) is 0 Å². The third-order valence-electron chi connectivity index (χ3n) is 2.41. The molecule has 98 valence electrons. The van der Waals surface area contributed by atoms with E-state index in [0.717, 1.165) is 11.1 Å². The molecule has 4 nitrogen and oxygen atoms in total. The zero-order chi connectivity index (χ0) is 13.8. The number of aryl methyl sites for hydroxylation is 1. The summed E-state index contributed by atoms with van der Waals surface area (Å²) in [4.78, 5) is 0. The molecule has 18 heavy (non-hydrogen) atoms. The number of rotatable bonds is 3. The van der Waals surface area contributed by atoms with Crippen LogP contribution in [0.1, 0.15) is 25.0 Å². The van der Waals surface area contributed by atoms with E-state index >= 15 is 0 Å². The molecule has 0 aliphatic carbocycles. The number of benzene rings is 1. The lowest BCUT2D eigenvalue weighted by molar-refractivity contribution is 0.350. The molecule has 0 fully saturated rings. The summed E-state index contributed by atoms with van der Waals surface area (Å²) in [6, 6.07) is 5.12. The van der Waals surface area contributed by atoms with Crippen molar-refractivity contribution in [1.82, 2.24) is 0 Å². The minimum Gasteiger partial charge on any atom is -0.384 e. The van der Waals surface area contributed by atoms with Gasteiger partial charge in [-0.3, -0.25) is 4.72 Å². The Kier molecular flexibility index (Phi) is 4.76. The number of hydrogen-bond donors (Lipinski definition) is 2. The fraction of sp³-hybridized carbons (Fsp3) is 0.385. The number of nitrogens with one attached hydrogen (secondary N) is 1. The molecule has 1 rings (SSSR count). The molecule has 0 heterocycles. The summed E-state index contributed by atoms with van der Waals surface area (Å²) in [5.41, 5.74) is 2.16. The van der Waals surface area contributed by atoms with Gasteiger partial charge in [0.2, 0.25) is 10.0 Å². The second kappa shape index (κ2) is 5.89. The van der Waals surface area contributed by atoms with Crippen molar-refractivity contribution < 1.29 is 13.5 Å². The Hall–Kier alpha value is -1.51. The van der Waals surface area contributed by atoms with Crippen molar-refractivity contribution >= 4 is 15.7 Å². The van der Waals surface area contributed by atoms with Gasteiger partial charge in [0.05, 0.1) is 5.25 Å². The van der Waals surface area contributed by atoms with Crippen LogP contribution in [0, 0.1) is 18.8 Å². The van der Waals surface area contributed by atoms with Crippen LogP contribution in [0.5, 0.6) is 0 Å². The maximum Gasteiger partial charge on any atom is 0.235 e. The highest BCUT2D eigenvalue weighted by Gasteiger charge is 2.15. The van der Waals surface area contributed by atoms with Crippen LogP contribution in [0.4, 0.5) is 5.69 Å². The van der Waals surface area contributed by atoms with E-state index in [2.05, 4.69) is 16.6 Å². The van der Waals surface area contributed by atoms with Crippen molar-refractivity contribution in [3.63, 3.8) is 0 Å². The Morgan fingerprint density at radius 1 is 1.39 bits per heavy atom. The molecule has 0 aromatic heterocycles. The molecular weight excluding hydrogens is 250 g/mol. The Balaban J connectivity index is 2.99. The van der Waals surface area contributed by atoms with Crippen molar-refractivity contribution in [2.75, 3.05) is 11.3 Å². The monoisotopic (exact) mass is 267 g/mol. The lowest BCUT2D eigenvalue weighted by Gasteiger charge is -2.11. The van der Waals surface area contributed by atoms with E-state index in [9.17, 15) is 8.42 Å². The van der Waals surface area contributed by atoms with Gasteiger partial charge < -0.3 is 5.11 Å². The first-order valence-corrected chi connectivity index (χ1v) is 7.13.